The smallest absolute Gasteiger partial charge is 0.211 e. The van der Waals surface area contributed by atoms with Crippen molar-refractivity contribution in [1.29, 1.82) is 0 Å². The van der Waals surface area contributed by atoms with Crippen LogP contribution in [0.4, 0.5) is 0 Å². The Balaban J connectivity index is 2.26. The monoisotopic (exact) mass is 331 g/mol. The summed E-state index contributed by atoms with van der Waals surface area (Å²) in [5.74, 6) is 1.65. The predicted octanol–water partition coefficient (Wildman–Crippen LogP) is -1.06. The molecule has 0 aromatic carbocycles. The molecule has 1 aromatic rings. The second-order valence-electron chi connectivity index (χ2n) is 4.52. The molecule has 0 saturated carbocycles. The van der Waals surface area contributed by atoms with Crippen LogP contribution >= 0.6 is 0 Å². The Hall–Kier alpha value is -1.68. The van der Waals surface area contributed by atoms with Gasteiger partial charge >= 0.3 is 0 Å². The summed E-state index contributed by atoms with van der Waals surface area (Å²) in [5, 5.41) is 14.1. The third-order valence-corrected chi connectivity index (χ3v) is 4.40. The number of hydrogen-bond acceptors (Lipinski definition) is 5. The van der Waals surface area contributed by atoms with E-state index in [4.69, 9.17) is 0 Å². The maximum absolute atomic E-state index is 11.3. The molecule has 0 amide bonds. The number of nitrogens with zero attached hydrogens (tertiary/aromatic N) is 4. The van der Waals surface area contributed by atoms with Gasteiger partial charge < -0.3 is 15.2 Å². The lowest BCUT2D eigenvalue weighted by Crippen LogP contribution is -2.42. The van der Waals surface area contributed by atoms with Crippen LogP contribution in [0.15, 0.2) is 11.3 Å². The van der Waals surface area contributed by atoms with E-state index in [-0.39, 0.29) is 5.75 Å². The zero-order chi connectivity index (χ0) is 16.4. The third-order valence-electron chi connectivity index (χ3n) is 3.00. The molecule has 3 N–H and O–H groups in total. The van der Waals surface area contributed by atoms with Crippen LogP contribution in [-0.4, -0.2) is 61.6 Å². The number of rotatable bonds is 9. The van der Waals surface area contributed by atoms with Crippen molar-refractivity contribution >= 4 is 16.0 Å². The van der Waals surface area contributed by atoms with Crippen LogP contribution in [0.3, 0.4) is 0 Å². The van der Waals surface area contributed by atoms with Crippen LogP contribution in [-0.2, 0) is 23.0 Å². The number of nitrogens with one attached hydrogen (secondary N) is 3. The second kappa shape index (κ2) is 9.36. The first kappa shape index (κ1) is 18.4. The van der Waals surface area contributed by atoms with Crippen molar-refractivity contribution in [1.82, 2.24) is 30.1 Å². The SMILES string of the molecule is CCc1nncn1CCNC(=NC)NCCNS(=O)(=O)CC. The van der Waals surface area contributed by atoms with Crippen molar-refractivity contribution in [2.24, 2.45) is 4.99 Å². The minimum Gasteiger partial charge on any atom is -0.355 e. The molecule has 1 rings (SSSR count). The summed E-state index contributed by atoms with van der Waals surface area (Å²) in [6.45, 7) is 5.83. The largest absolute Gasteiger partial charge is 0.355 e. The lowest BCUT2D eigenvalue weighted by molar-refractivity contribution is 0.581. The summed E-state index contributed by atoms with van der Waals surface area (Å²) in [6, 6.07) is 0. The second-order valence-corrected chi connectivity index (χ2v) is 6.61. The lowest BCUT2D eigenvalue weighted by Gasteiger charge is -2.13. The number of sulfonamides is 1. The molecule has 0 aliphatic heterocycles. The van der Waals surface area contributed by atoms with Crippen LogP contribution in [0.5, 0.6) is 0 Å². The first-order chi connectivity index (χ1) is 10.5. The molecule has 0 saturated heterocycles. The molecule has 22 heavy (non-hydrogen) atoms. The molecule has 126 valence electrons. The van der Waals surface area contributed by atoms with Gasteiger partial charge in [-0.15, -0.1) is 10.2 Å². The number of aliphatic imine (C=N–C) groups is 1. The van der Waals surface area contributed by atoms with E-state index in [1.54, 1.807) is 20.3 Å². The molecule has 0 bridgehead atoms. The molecule has 0 fully saturated rings. The van der Waals surface area contributed by atoms with Gasteiger partial charge in [0.2, 0.25) is 10.0 Å². The molecule has 9 nitrogen and oxygen atoms in total. The Kier molecular flexibility index (Phi) is 7.82. The quantitative estimate of drug-likeness (QED) is 0.302. The van der Waals surface area contributed by atoms with Gasteiger partial charge in [0.15, 0.2) is 5.96 Å². The van der Waals surface area contributed by atoms with Crippen LogP contribution in [0.2, 0.25) is 0 Å². The van der Waals surface area contributed by atoms with Gasteiger partial charge in [0.1, 0.15) is 12.2 Å². The standard InChI is InChI=1S/C12H25N7O2S/c1-4-11-18-16-10-19(11)9-8-15-12(13-3)14-6-7-17-22(20,21)5-2/h10,17H,4-9H2,1-3H3,(H2,13,14,15). The first-order valence-corrected chi connectivity index (χ1v) is 8.96. The zero-order valence-electron chi connectivity index (χ0n) is 13.3. The fourth-order valence-corrected chi connectivity index (χ4v) is 2.36. The Labute approximate surface area is 131 Å². The van der Waals surface area contributed by atoms with E-state index in [1.807, 2.05) is 11.5 Å². The Morgan fingerprint density at radius 2 is 2.00 bits per heavy atom. The number of aromatic nitrogens is 3. The minimum absolute atomic E-state index is 0.0820. The van der Waals surface area contributed by atoms with Crippen LogP contribution in [0.25, 0.3) is 0 Å². The van der Waals surface area contributed by atoms with E-state index in [1.165, 1.54) is 0 Å². The van der Waals surface area contributed by atoms with Gasteiger partial charge in [-0.25, -0.2) is 13.1 Å². The normalized spacial score (nSPS) is 12.4. The van der Waals surface area contributed by atoms with Gasteiger partial charge in [-0.3, -0.25) is 4.99 Å². The molecular weight excluding hydrogens is 306 g/mol. The third kappa shape index (κ3) is 6.39. The highest BCUT2D eigenvalue weighted by atomic mass is 32.2. The average molecular weight is 331 g/mol. The van der Waals surface area contributed by atoms with E-state index in [0.29, 0.717) is 25.6 Å². The molecule has 0 unspecified atom stereocenters. The van der Waals surface area contributed by atoms with Crippen LogP contribution < -0.4 is 15.4 Å². The summed E-state index contributed by atoms with van der Waals surface area (Å²) >= 11 is 0. The zero-order valence-corrected chi connectivity index (χ0v) is 14.2. The molecule has 0 aliphatic rings. The van der Waals surface area contributed by atoms with Crippen molar-refractivity contribution in [3.63, 3.8) is 0 Å². The van der Waals surface area contributed by atoms with Crippen LogP contribution in [0, 0.1) is 0 Å². The molecular formula is C12H25N7O2S. The Morgan fingerprint density at radius 1 is 1.27 bits per heavy atom. The predicted molar refractivity (Wildman–Crippen MR) is 86.2 cm³/mol. The van der Waals surface area contributed by atoms with Crippen molar-refractivity contribution in [2.75, 3.05) is 32.4 Å². The molecule has 0 aliphatic carbocycles. The fraction of sp³-hybridized carbons (Fsp3) is 0.750. The van der Waals surface area contributed by atoms with E-state index in [9.17, 15) is 8.42 Å². The fourth-order valence-electron chi connectivity index (χ4n) is 1.74. The van der Waals surface area contributed by atoms with Gasteiger partial charge in [-0.1, -0.05) is 6.92 Å². The lowest BCUT2D eigenvalue weighted by atomic mass is 10.4. The van der Waals surface area contributed by atoms with Crippen LogP contribution in [0.1, 0.15) is 19.7 Å². The number of hydrogen-bond donors (Lipinski definition) is 3. The van der Waals surface area contributed by atoms with E-state index < -0.39 is 10.0 Å². The Morgan fingerprint density at radius 3 is 2.64 bits per heavy atom. The highest BCUT2D eigenvalue weighted by Gasteiger charge is 2.05. The first-order valence-electron chi connectivity index (χ1n) is 7.31. The summed E-state index contributed by atoms with van der Waals surface area (Å²) in [6.07, 6.45) is 2.54. The van der Waals surface area contributed by atoms with Crippen molar-refractivity contribution < 1.29 is 8.42 Å². The Bertz CT molecular complexity index is 568. The topological polar surface area (TPSA) is 113 Å². The molecule has 1 aromatic heterocycles. The van der Waals surface area contributed by atoms with Gasteiger partial charge in [0, 0.05) is 39.6 Å². The van der Waals surface area contributed by atoms with E-state index in [2.05, 4.69) is 30.5 Å². The van der Waals surface area contributed by atoms with Crippen molar-refractivity contribution in [2.45, 2.75) is 26.8 Å². The van der Waals surface area contributed by atoms with Gasteiger partial charge in [-0.2, -0.15) is 0 Å². The number of aryl methyl sites for hydroxylation is 1. The van der Waals surface area contributed by atoms with Crippen molar-refractivity contribution in [3.8, 4) is 0 Å². The summed E-state index contributed by atoms with van der Waals surface area (Å²) in [7, 11) is -1.48. The minimum atomic E-state index is -3.15. The van der Waals surface area contributed by atoms with Gasteiger partial charge in [0.25, 0.3) is 0 Å². The molecule has 0 atom stereocenters. The average Bonchev–Trinajstić information content (AvgIpc) is 2.97. The van der Waals surface area contributed by atoms with Gasteiger partial charge in [-0.05, 0) is 6.92 Å². The molecule has 1 heterocycles. The maximum atomic E-state index is 11.3. The highest BCUT2D eigenvalue weighted by molar-refractivity contribution is 7.89. The molecule has 0 radical (unpaired) electrons. The summed E-state index contributed by atoms with van der Waals surface area (Å²) in [5.41, 5.74) is 0. The van der Waals surface area contributed by atoms with Gasteiger partial charge in [0.05, 0.1) is 5.75 Å². The number of guanidine groups is 1. The van der Waals surface area contributed by atoms with E-state index >= 15 is 0 Å². The molecule has 10 heteroatoms. The van der Waals surface area contributed by atoms with Crippen molar-refractivity contribution in [3.05, 3.63) is 12.2 Å². The maximum Gasteiger partial charge on any atom is 0.211 e. The van der Waals surface area contributed by atoms with E-state index in [0.717, 1.165) is 18.8 Å². The summed E-state index contributed by atoms with van der Waals surface area (Å²) in [4.78, 5) is 4.08. The molecule has 0 spiro atoms. The highest BCUT2D eigenvalue weighted by Crippen LogP contribution is 1.94. The summed E-state index contributed by atoms with van der Waals surface area (Å²) < 4.78 is 27.0.